The number of unbranched alkanes of at least 4 members (excludes halogenated alkanes) is 1. The van der Waals surface area contributed by atoms with Crippen LogP contribution in [0.4, 0.5) is 18.9 Å². The molecule has 3 nitrogen and oxygen atoms in total. The Hall–Kier alpha value is -1.72. The lowest BCUT2D eigenvalue weighted by molar-refractivity contribution is -0.136. The van der Waals surface area contributed by atoms with Crippen molar-refractivity contribution in [3.8, 4) is 0 Å². The largest absolute Gasteiger partial charge is 0.418 e. The summed E-state index contributed by atoms with van der Waals surface area (Å²) in [5, 5.41) is 2.50. The molecular weight excluding hydrogens is 281 g/mol. The number of alkyl halides is 3. The molecule has 0 heterocycles. The zero-order valence-electron chi connectivity index (χ0n) is 12.5. The van der Waals surface area contributed by atoms with E-state index in [0.717, 1.165) is 18.9 Å². The molecule has 0 atom stereocenters. The van der Waals surface area contributed by atoms with Crippen LogP contribution in [0.15, 0.2) is 18.2 Å². The minimum Gasteiger partial charge on any atom is -0.388 e. The minimum atomic E-state index is -4.49. The summed E-state index contributed by atoms with van der Waals surface area (Å²) in [7, 11) is 1.42. The summed E-state index contributed by atoms with van der Waals surface area (Å²) in [5.41, 5.74) is -0.780. The first kappa shape index (κ1) is 17.3. The maximum Gasteiger partial charge on any atom is 0.418 e. The molecule has 0 aromatic heterocycles. The van der Waals surface area contributed by atoms with Crippen LogP contribution in [-0.4, -0.2) is 30.9 Å². The summed E-state index contributed by atoms with van der Waals surface area (Å²) < 4.78 is 39.0. The van der Waals surface area contributed by atoms with Crippen molar-refractivity contribution in [1.82, 2.24) is 4.90 Å². The lowest BCUT2D eigenvalue weighted by Crippen LogP contribution is -2.32. The Morgan fingerprint density at radius 3 is 2.43 bits per heavy atom. The summed E-state index contributed by atoms with van der Waals surface area (Å²) >= 11 is 0. The molecule has 0 radical (unpaired) electrons. The molecule has 0 bridgehead atoms. The van der Waals surface area contributed by atoms with Gasteiger partial charge in [-0.25, -0.2) is 0 Å². The molecule has 1 amide bonds. The maximum atomic E-state index is 13.0. The second-order valence-corrected chi connectivity index (χ2v) is 4.75. The van der Waals surface area contributed by atoms with E-state index in [1.54, 1.807) is 4.90 Å². The molecule has 1 rings (SSSR count). The number of hydrogen-bond donors (Lipinski definition) is 1. The van der Waals surface area contributed by atoms with Gasteiger partial charge in [0.1, 0.15) is 0 Å². The number of carbonyl (C=O) groups excluding carboxylic acids is 1. The molecule has 0 aliphatic carbocycles. The molecule has 0 aliphatic heterocycles. The van der Waals surface area contributed by atoms with Crippen LogP contribution in [0.25, 0.3) is 0 Å². The SMILES string of the molecule is CCCCN(CC)C(=O)c1ccc(NC)c(C(F)(F)F)c1. The number of carbonyl (C=O) groups is 1. The number of hydrogen-bond acceptors (Lipinski definition) is 2. The predicted octanol–water partition coefficient (Wildman–Crippen LogP) is 4.01. The standard InChI is InChI=1S/C15H21F3N2O/c1-4-6-9-20(5-2)14(21)11-7-8-13(19-3)12(10-11)15(16,17)18/h7-8,10,19H,4-6,9H2,1-3H3. The molecule has 0 saturated carbocycles. The number of anilines is 1. The van der Waals surface area contributed by atoms with Crippen molar-refractivity contribution in [1.29, 1.82) is 0 Å². The zero-order chi connectivity index (χ0) is 16.0. The van der Waals surface area contributed by atoms with Gasteiger partial charge in [-0.2, -0.15) is 13.2 Å². The number of halogens is 3. The Morgan fingerprint density at radius 1 is 1.29 bits per heavy atom. The highest BCUT2D eigenvalue weighted by molar-refractivity contribution is 5.95. The van der Waals surface area contributed by atoms with E-state index >= 15 is 0 Å². The van der Waals surface area contributed by atoms with E-state index in [0.29, 0.717) is 13.1 Å². The molecule has 0 saturated heterocycles. The van der Waals surface area contributed by atoms with Crippen molar-refractivity contribution in [2.24, 2.45) is 0 Å². The molecule has 21 heavy (non-hydrogen) atoms. The smallest absolute Gasteiger partial charge is 0.388 e. The third-order valence-electron chi connectivity index (χ3n) is 3.29. The van der Waals surface area contributed by atoms with Crippen molar-refractivity contribution < 1.29 is 18.0 Å². The maximum absolute atomic E-state index is 13.0. The summed E-state index contributed by atoms with van der Waals surface area (Å²) in [6.07, 6.45) is -2.73. The van der Waals surface area contributed by atoms with Crippen molar-refractivity contribution >= 4 is 11.6 Å². The highest BCUT2D eigenvalue weighted by Gasteiger charge is 2.34. The molecule has 0 spiro atoms. The molecule has 6 heteroatoms. The van der Waals surface area contributed by atoms with Gasteiger partial charge in [0.2, 0.25) is 0 Å². The molecule has 0 unspecified atom stereocenters. The van der Waals surface area contributed by atoms with Gasteiger partial charge in [0.25, 0.3) is 5.91 Å². The fourth-order valence-electron chi connectivity index (χ4n) is 2.06. The van der Waals surface area contributed by atoms with Gasteiger partial charge in [-0.05, 0) is 31.5 Å². The first-order valence-electron chi connectivity index (χ1n) is 7.03. The summed E-state index contributed by atoms with van der Waals surface area (Å²) in [6.45, 7) is 4.86. The number of nitrogens with one attached hydrogen (secondary N) is 1. The average molecular weight is 302 g/mol. The Balaban J connectivity index is 3.10. The van der Waals surface area contributed by atoms with Gasteiger partial charge in [-0.15, -0.1) is 0 Å². The topological polar surface area (TPSA) is 32.3 Å². The first-order valence-corrected chi connectivity index (χ1v) is 7.03. The molecule has 1 aromatic rings. The molecule has 1 N–H and O–H groups in total. The third kappa shape index (κ3) is 4.37. The monoisotopic (exact) mass is 302 g/mol. The number of benzene rings is 1. The summed E-state index contributed by atoms with van der Waals surface area (Å²) in [6, 6.07) is 3.64. The van der Waals surface area contributed by atoms with Crippen LogP contribution in [0.1, 0.15) is 42.6 Å². The van der Waals surface area contributed by atoms with Crippen LogP contribution in [0, 0.1) is 0 Å². The highest BCUT2D eigenvalue weighted by atomic mass is 19.4. The lowest BCUT2D eigenvalue weighted by Gasteiger charge is -2.22. The van der Waals surface area contributed by atoms with Gasteiger partial charge in [0.15, 0.2) is 0 Å². The van der Waals surface area contributed by atoms with Crippen LogP contribution in [-0.2, 0) is 6.18 Å². The zero-order valence-corrected chi connectivity index (χ0v) is 12.5. The van der Waals surface area contributed by atoms with Gasteiger partial charge < -0.3 is 10.2 Å². The van der Waals surface area contributed by atoms with Crippen LogP contribution in [0.2, 0.25) is 0 Å². The van der Waals surface area contributed by atoms with Gasteiger partial charge in [-0.1, -0.05) is 13.3 Å². The summed E-state index contributed by atoms with van der Waals surface area (Å²) in [4.78, 5) is 13.9. The van der Waals surface area contributed by atoms with E-state index in [1.165, 1.54) is 19.2 Å². The van der Waals surface area contributed by atoms with Crippen LogP contribution < -0.4 is 5.32 Å². The summed E-state index contributed by atoms with van der Waals surface area (Å²) in [5.74, 6) is -0.362. The van der Waals surface area contributed by atoms with Crippen molar-refractivity contribution in [3.05, 3.63) is 29.3 Å². The Labute approximate surface area is 123 Å². The van der Waals surface area contributed by atoms with E-state index in [4.69, 9.17) is 0 Å². The number of amides is 1. The van der Waals surface area contributed by atoms with E-state index in [9.17, 15) is 18.0 Å². The third-order valence-corrected chi connectivity index (χ3v) is 3.29. The quantitative estimate of drug-likeness (QED) is 0.861. The minimum absolute atomic E-state index is 0.0318. The Morgan fingerprint density at radius 2 is 1.95 bits per heavy atom. The van der Waals surface area contributed by atoms with Crippen LogP contribution in [0.5, 0.6) is 0 Å². The number of nitrogens with zero attached hydrogens (tertiary/aromatic N) is 1. The van der Waals surface area contributed by atoms with Gasteiger partial charge in [-0.3, -0.25) is 4.79 Å². The molecular formula is C15H21F3N2O. The fraction of sp³-hybridized carbons (Fsp3) is 0.533. The van der Waals surface area contributed by atoms with Crippen molar-refractivity contribution in [2.75, 3.05) is 25.5 Å². The second kappa shape index (κ2) is 7.33. The highest BCUT2D eigenvalue weighted by Crippen LogP contribution is 2.35. The molecule has 0 aliphatic rings. The van der Waals surface area contributed by atoms with Gasteiger partial charge in [0.05, 0.1) is 5.56 Å². The van der Waals surface area contributed by atoms with E-state index in [2.05, 4.69) is 5.32 Å². The van der Waals surface area contributed by atoms with E-state index in [1.807, 2.05) is 13.8 Å². The molecule has 0 fully saturated rings. The second-order valence-electron chi connectivity index (χ2n) is 4.75. The average Bonchev–Trinajstić information content (AvgIpc) is 2.46. The Bertz CT molecular complexity index is 486. The first-order chi connectivity index (χ1) is 9.85. The van der Waals surface area contributed by atoms with E-state index < -0.39 is 11.7 Å². The van der Waals surface area contributed by atoms with Crippen molar-refractivity contribution in [3.63, 3.8) is 0 Å². The van der Waals surface area contributed by atoms with Crippen molar-refractivity contribution in [2.45, 2.75) is 32.9 Å². The predicted molar refractivity (Wildman–Crippen MR) is 77.5 cm³/mol. The van der Waals surface area contributed by atoms with Gasteiger partial charge in [0, 0.05) is 31.4 Å². The van der Waals surface area contributed by atoms with E-state index in [-0.39, 0.29) is 17.2 Å². The molecule has 118 valence electrons. The number of rotatable bonds is 6. The normalized spacial score (nSPS) is 11.3. The van der Waals surface area contributed by atoms with Crippen LogP contribution >= 0.6 is 0 Å². The van der Waals surface area contributed by atoms with Crippen LogP contribution in [0.3, 0.4) is 0 Å². The lowest BCUT2D eigenvalue weighted by atomic mass is 10.1. The fourth-order valence-corrected chi connectivity index (χ4v) is 2.06. The molecule has 1 aromatic carbocycles. The van der Waals surface area contributed by atoms with Gasteiger partial charge >= 0.3 is 6.18 Å². The Kier molecular flexibility index (Phi) is 6.05.